The van der Waals surface area contributed by atoms with Gasteiger partial charge < -0.3 is 10.1 Å². The van der Waals surface area contributed by atoms with E-state index in [0.29, 0.717) is 0 Å². The number of anilines is 1. The number of sulfonamides is 1. The van der Waals surface area contributed by atoms with Gasteiger partial charge in [0.05, 0.1) is 18.0 Å². The van der Waals surface area contributed by atoms with Crippen LogP contribution in [-0.4, -0.2) is 22.1 Å². The van der Waals surface area contributed by atoms with E-state index in [-0.39, 0.29) is 17.5 Å². The zero-order valence-corrected chi connectivity index (χ0v) is 16.7. The maximum absolute atomic E-state index is 12.7. The van der Waals surface area contributed by atoms with Crippen LogP contribution in [0.15, 0.2) is 83.8 Å². The molecule has 1 unspecified atom stereocenters. The number of ether oxygens (including phenoxy) is 1. The van der Waals surface area contributed by atoms with Gasteiger partial charge in [-0.2, -0.15) is 0 Å². The van der Waals surface area contributed by atoms with Crippen molar-refractivity contribution >= 4 is 15.7 Å². The van der Waals surface area contributed by atoms with Gasteiger partial charge in [0.15, 0.2) is 0 Å². The monoisotopic (exact) mass is 396 g/mol. The molecule has 0 aliphatic carbocycles. The molecule has 0 heterocycles. The first-order chi connectivity index (χ1) is 13.5. The number of benzene rings is 3. The SMILES string of the molecule is COc1cccc(NC(CNS(=O)(=O)c2ccc(C)cc2)c2ccccc2)c1. The fourth-order valence-corrected chi connectivity index (χ4v) is 3.89. The molecular formula is C22H24N2O3S. The highest BCUT2D eigenvalue weighted by Crippen LogP contribution is 2.23. The maximum Gasteiger partial charge on any atom is 0.240 e. The van der Waals surface area contributed by atoms with Crippen LogP contribution in [0, 0.1) is 6.92 Å². The van der Waals surface area contributed by atoms with Gasteiger partial charge in [-0.05, 0) is 36.8 Å². The summed E-state index contributed by atoms with van der Waals surface area (Å²) >= 11 is 0. The van der Waals surface area contributed by atoms with Crippen LogP contribution >= 0.6 is 0 Å². The Balaban J connectivity index is 1.80. The fraction of sp³-hybridized carbons (Fsp3) is 0.182. The van der Waals surface area contributed by atoms with Crippen LogP contribution in [0.25, 0.3) is 0 Å². The van der Waals surface area contributed by atoms with Crippen LogP contribution in [0.4, 0.5) is 5.69 Å². The molecule has 0 aliphatic heterocycles. The Labute approximate surface area is 166 Å². The minimum atomic E-state index is -3.60. The Kier molecular flexibility index (Phi) is 6.34. The lowest BCUT2D eigenvalue weighted by Gasteiger charge is -2.21. The lowest BCUT2D eigenvalue weighted by molar-refractivity contribution is 0.415. The molecule has 3 rings (SSSR count). The van der Waals surface area contributed by atoms with Crippen LogP contribution < -0.4 is 14.8 Å². The molecule has 0 aliphatic rings. The number of methoxy groups -OCH3 is 1. The second-order valence-electron chi connectivity index (χ2n) is 6.50. The van der Waals surface area contributed by atoms with Crippen molar-refractivity contribution in [2.24, 2.45) is 0 Å². The molecule has 0 saturated carbocycles. The minimum absolute atomic E-state index is 0.206. The van der Waals surface area contributed by atoms with E-state index in [4.69, 9.17) is 4.74 Å². The van der Waals surface area contributed by atoms with Gasteiger partial charge in [-0.3, -0.25) is 0 Å². The molecule has 5 nitrogen and oxygen atoms in total. The molecule has 0 bridgehead atoms. The van der Waals surface area contributed by atoms with Gasteiger partial charge in [0.25, 0.3) is 0 Å². The van der Waals surface area contributed by atoms with Crippen LogP contribution in [-0.2, 0) is 10.0 Å². The highest BCUT2D eigenvalue weighted by atomic mass is 32.2. The highest BCUT2D eigenvalue weighted by Gasteiger charge is 2.18. The van der Waals surface area contributed by atoms with Gasteiger partial charge in [0.2, 0.25) is 10.0 Å². The third kappa shape index (κ3) is 5.12. The first-order valence-electron chi connectivity index (χ1n) is 9.00. The Morgan fingerprint density at radius 3 is 2.32 bits per heavy atom. The van der Waals surface area contributed by atoms with Crippen molar-refractivity contribution in [2.45, 2.75) is 17.9 Å². The van der Waals surface area contributed by atoms with Crippen molar-refractivity contribution in [1.82, 2.24) is 4.72 Å². The Hall–Kier alpha value is -2.83. The van der Waals surface area contributed by atoms with Crippen molar-refractivity contribution in [1.29, 1.82) is 0 Å². The molecule has 1 atom stereocenters. The zero-order valence-electron chi connectivity index (χ0n) is 15.9. The average molecular weight is 397 g/mol. The molecule has 3 aromatic rings. The number of nitrogens with one attached hydrogen (secondary N) is 2. The van der Waals surface area contributed by atoms with Crippen LogP contribution in [0.5, 0.6) is 5.75 Å². The molecule has 2 N–H and O–H groups in total. The molecule has 3 aromatic carbocycles. The second kappa shape index (κ2) is 8.91. The zero-order chi connectivity index (χ0) is 20.0. The van der Waals surface area contributed by atoms with Crippen molar-refractivity contribution in [3.63, 3.8) is 0 Å². The van der Waals surface area contributed by atoms with Crippen LogP contribution in [0.1, 0.15) is 17.2 Å². The topological polar surface area (TPSA) is 67.4 Å². The maximum atomic E-state index is 12.7. The summed E-state index contributed by atoms with van der Waals surface area (Å²) in [5.74, 6) is 0.733. The minimum Gasteiger partial charge on any atom is -0.497 e. The lowest BCUT2D eigenvalue weighted by Crippen LogP contribution is -2.31. The van der Waals surface area contributed by atoms with Crippen molar-refractivity contribution in [2.75, 3.05) is 19.0 Å². The fourth-order valence-electron chi connectivity index (χ4n) is 2.85. The van der Waals surface area contributed by atoms with Crippen molar-refractivity contribution in [3.05, 3.63) is 90.0 Å². The molecule has 0 spiro atoms. The van der Waals surface area contributed by atoms with E-state index in [0.717, 1.165) is 22.6 Å². The summed E-state index contributed by atoms with van der Waals surface area (Å²) in [4.78, 5) is 0.256. The first-order valence-corrected chi connectivity index (χ1v) is 10.5. The smallest absolute Gasteiger partial charge is 0.240 e. The van der Waals surface area contributed by atoms with Gasteiger partial charge in [0, 0.05) is 18.3 Å². The molecule has 0 fully saturated rings. The van der Waals surface area contributed by atoms with Gasteiger partial charge >= 0.3 is 0 Å². The van der Waals surface area contributed by atoms with Crippen molar-refractivity contribution in [3.8, 4) is 5.75 Å². The van der Waals surface area contributed by atoms with Gasteiger partial charge in [-0.15, -0.1) is 0 Å². The van der Waals surface area contributed by atoms with Gasteiger partial charge in [0.1, 0.15) is 5.75 Å². The number of aryl methyl sites for hydroxylation is 1. The normalized spacial score (nSPS) is 12.4. The Morgan fingerprint density at radius 1 is 0.929 bits per heavy atom. The summed E-state index contributed by atoms with van der Waals surface area (Å²) in [6, 6.07) is 23.9. The molecular weight excluding hydrogens is 372 g/mol. The largest absolute Gasteiger partial charge is 0.497 e. The third-order valence-electron chi connectivity index (χ3n) is 4.42. The number of hydrogen-bond donors (Lipinski definition) is 2. The molecule has 0 radical (unpaired) electrons. The molecule has 0 saturated heterocycles. The summed E-state index contributed by atoms with van der Waals surface area (Å²) in [5.41, 5.74) is 2.85. The van der Waals surface area contributed by atoms with E-state index in [1.807, 2.05) is 61.5 Å². The summed E-state index contributed by atoms with van der Waals surface area (Å²) < 4.78 is 33.3. The third-order valence-corrected chi connectivity index (χ3v) is 5.86. The molecule has 6 heteroatoms. The lowest BCUT2D eigenvalue weighted by atomic mass is 10.1. The van der Waals surface area contributed by atoms with Gasteiger partial charge in [-0.1, -0.05) is 54.1 Å². The second-order valence-corrected chi connectivity index (χ2v) is 8.27. The molecule has 0 amide bonds. The predicted octanol–water partition coefficient (Wildman–Crippen LogP) is 4.14. The molecule has 0 aromatic heterocycles. The van der Waals surface area contributed by atoms with E-state index < -0.39 is 10.0 Å². The predicted molar refractivity (Wildman–Crippen MR) is 112 cm³/mol. The van der Waals surface area contributed by atoms with E-state index in [1.54, 1.807) is 31.4 Å². The summed E-state index contributed by atoms with van der Waals surface area (Å²) in [6.07, 6.45) is 0. The summed E-state index contributed by atoms with van der Waals surface area (Å²) in [7, 11) is -1.99. The number of rotatable bonds is 8. The summed E-state index contributed by atoms with van der Waals surface area (Å²) in [6.45, 7) is 2.13. The summed E-state index contributed by atoms with van der Waals surface area (Å²) in [5, 5.41) is 3.40. The molecule has 146 valence electrons. The van der Waals surface area contributed by atoms with E-state index in [1.165, 1.54) is 0 Å². The number of hydrogen-bond acceptors (Lipinski definition) is 4. The Morgan fingerprint density at radius 2 is 1.64 bits per heavy atom. The van der Waals surface area contributed by atoms with E-state index >= 15 is 0 Å². The highest BCUT2D eigenvalue weighted by molar-refractivity contribution is 7.89. The van der Waals surface area contributed by atoms with Crippen LogP contribution in [0.3, 0.4) is 0 Å². The van der Waals surface area contributed by atoms with Crippen molar-refractivity contribution < 1.29 is 13.2 Å². The quantitative estimate of drug-likeness (QED) is 0.601. The molecule has 28 heavy (non-hydrogen) atoms. The standard InChI is InChI=1S/C22H24N2O3S/c1-17-11-13-21(14-12-17)28(25,26)23-16-22(18-7-4-3-5-8-18)24-19-9-6-10-20(15-19)27-2/h3-15,22-24H,16H2,1-2H3. The average Bonchev–Trinajstić information content (AvgIpc) is 2.72. The van der Waals surface area contributed by atoms with Gasteiger partial charge in [-0.25, -0.2) is 13.1 Å². The van der Waals surface area contributed by atoms with E-state index in [2.05, 4.69) is 10.0 Å². The Bertz CT molecular complexity index is 1000. The van der Waals surface area contributed by atoms with E-state index in [9.17, 15) is 8.42 Å². The first kappa shape index (κ1) is 19.9. The van der Waals surface area contributed by atoms with Crippen LogP contribution in [0.2, 0.25) is 0 Å².